The zero-order chi connectivity index (χ0) is 14.5. The third-order valence-electron chi connectivity index (χ3n) is 3.21. The van der Waals surface area contributed by atoms with Crippen LogP contribution in [0.15, 0.2) is 10.7 Å². The molecule has 1 unspecified atom stereocenters. The molecule has 0 spiro atoms. The monoisotopic (exact) mass is 357 g/mol. The summed E-state index contributed by atoms with van der Waals surface area (Å²) in [6.07, 6.45) is 3.85. The van der Waals surface area contributed by atoms with Gasteiger partial charge in [0.2, 0.25) is 0 Å². The van der Waals surface area contributed by atoms with Gasteiger partial charge in [-0.15, -0.1) is 5.10 Å². The van der Waals surface area contributed by atoms with Crippen LogP contribution in [0.1, 0.15) is 42.6 Å². The highest BCUT2D eigenvalue weighted by Crippen LogP contribution is 2.27. The van der Waals surface area contributed by atoms with Gasteiger partial charge in [-0.05, 0) is 54.3 Å². The fraction of sp³-hybridized carbons (Fsp3) is 0.615. The average molecular weight is 358 g/mol. The van der Waals surface area contributed by atoms with Crippen LogP contribution in [0.25, 0.3) is 0 Å². The first kappa shape index (κ1) is 15.6. The van der Waals surface area contributed by atoms with Gasteiger partial charge >= 0.3 is 0 Å². The Morgan fingerprint density at radius 3 is 2.85 bits per heavy atom. The second-order valence-electron chi connectivity index (χ2n) is 4.69. The van der Waals surface area contributed by atoms with Gasteiger partial charge in [0.1, 0.15) is 0 Å². The maximum absolute atomic E-state index is 4.56. The van der Waals surface area contributed by atoms with Crippen molar-refractivity contribution >= 4 is 27.5 Å². The summed E-state index contributed by atoms with van der Waals surface area (Å²) in [6, 6.07) is 0.243. The third-order valence-corrected chi connectivity index (χ3v) is 5.02. The summed E-state index contributed by atoms with van der Waals surface area (Å²) in [5.74, 6) is 0. The molecule has 2 aromatic rings. The molecule has 2 aromatic heterocycles. The lowest BCUT2D eigenvalue weighted by molar-refractivity contribution is 0.507. The SMILES string of the molecule is CCCNC(Cc1c(Br)c(C)nn1CC)c1cnns1. The van der Waals surface area contributed by atoms with Crippen LogP contribution in [-0.4, -0.2) is 25.9 Å². The van der Waals surface area contributed by atoms with Crippen LogP contribution in [0.4, 0.5) is 0 Å². The molecule has 0 bridgehead atoms. The Labute approximate surface area is 132 Å². The van der Waals surface area contributed by atoms with E-state index in [1.165, 1.54) is 22.1 Å². The molecule has 0 aromatic carbocycles. The van der Waals surface area contributed by atoms with Crippen molar-refractivity contribution < 1.29 is 0 Å². The average Bonchev–Trinajstić information content (AvgIpc) is 3.06. The molecule has 5 nitrogen and oxygen atoms in total. The van der Waals surface area contributed by atoms with Crippen LogP contribution >= 0.6 is 27.5 Å². The van der Waals surface area contributed by atoms with E-state index >= 15 is 0 Å². The van der Waals surface area contributed by atoms with Gasteiger partial charge in [0.15, 0.2) is 0 Å². The summed E-state index contributed by atoms with van der Waals surface area (Å²) in [4.78, 5) is 1.17. The van der Waals surface area contributed by atoms with Crippen molar-refractivity contribution in [3.8, 4) is 0 Å². The highest BCUT2D eigenvalue weighted by atomic mass is 79.9. The van der Waals surface area contributed by atoms with Crippen molar-refractivity contribution in [2.75, 3.05) is 6.54 Å². The lowest BCUT2D eigenvalue weighted by atomic mass is 10.1. The Morgan fingerprint density at radius 2 is 2.25 bits per heavy atom. The van der Waals surface area contributed by atoms with Gasteiger partial charge in [0.25, 0.3) is 0 Å². The summed E-state index contributed by atoms with van der Waals surface area (Å²) in [5, 5.41) is 12.1. The lowest BCUT2D eigenvalue weighted by Crippen LogP contribution is -2.24. The molecule has 110 valence electrons. The first-order chi connectivity index (χ1) is 9.67. The van der Waals surface area contributed by atoms with E-state index in [0.29, 0.717) is 0 Å². The molecule has 0 saturated carbocycles. The number of nitrogens with zero attached hydrogens (tertiary/aromatic N) is 4. The van der Waals surface area contributed by atoms with Crippen molar-refractivity contribution in [3.05, 3.63) is 26.9 Å². The standard InChI is InChI=1S/C13H20BrN5S/c1-4-6-15-10(12-8-16-18-20-12)7-11-13(14)9(3)17-19(11)5-2/h8,10,15H,4-7H2,1-3H3. The second-order valence-corrected chi connectivity index (χ2v) is 6.30. The molecule has 20 heavy (non-hydrogen) atoms. The number of nitrogens with one attached hydrogen (secondary N) is 1. The molecular weight excluding hydrogens is 338 g/mol. The minimum absolute atomic E-state index is 0.243. The van der Waals surface area contributed by atoms with Crippen molar-refractivity contribution in [1.29, 1.82) is 0 Å². The Bertz CT molecular complexity index is 537. The molecule has 1 N–H and O–H groups in total. The Morgan fingerprint density at radius 1 is 1.45 bits per heavy atom. The van der Waals surface area contributed by atoms with E-state index < -0.39 is 0 Å². The summed E-state index contributed by atoms with van der Waals surface area (Å²) in [5.41, 5.74) is 2.27. The topological polar surface area (TPSA) is 55.6 Å². The summed E-state index contributed by atoms with van der Waals surface area (Å²) in [6.45, 7) is 8.18. The number of hydrogen-bond acceptors (Lipinski definition) is 5. The molecule has 0 radical (unpaired) electrons. The van der Waals surface area contributed by atoms with E-state index in [-0.39, 0.29) is 6.04 Å². The van der Waals surface area contributed by atoms with Gasteiger partial charge in [0.05, 0.1) is 33.0 Å². The van der Waals surface area contributed by atoms with Gasteiger partial charge in [-0.25, -0.2) is 0 Å². The summed E-state index contributed by atoms with van der Waals surface area (Å²) < 4.78 is 7.16. The van der Waals surface area contributed by atoms with E-state index in [0.717, 1.165) is 36.1 Å². The molecule has 2 rings (SSSR count). The van der Waals surface area contributed by atoms with E-state index in [4.69, 9.17) is 0 Å². The first-order valence-corrected chi connectivity index (χ1v) is 8.46. The Balaban J connectivity index is 2.23. The zero-order valence-corrected chi connectivity index (χ0v) is 14.5. The van der Waals surface area contributed by atoms with Crippen LogP contribution in [0.3, 0.4) is 0 Å². The smallest absolute Gasteiger partial charge is 0.0738 e. The third kappa shape index (κ3) is 3.45. The lowest BCUT2D eigenvalue weighted by Gasteiger charge is -2.17. The molecule has 0 fully saturated rings. The highest BCUT2D eigenvalue weighted by Gasteiger charge is 2.20. The van der Waals surface area contributed by atoms with Crippen LogP contribution < -0.4 is 5.32 Å². The van der Waals surface area contributed by atoms with Crippen LogP contribution in [0, 0.1) is 6.92 Å². The molecule has 7 heteroatoms. The molecule has 0 aliphatic heterocycles. The normalized spacial score (nSPS) is 12.8. The molecule has 0 aliphatic carbocycles. The number of aryl methyl sites for hydroxylation is 2. The molecular formula is C13H20BrN5S. The zero-order valence-electron chi connectivity index (χ0n) is 12.1. The van der Waals surface area contributed by atoms with Gasteiger partial charge in [-0.1, -0.05) is 11.4 Å². The molecule has 0 saturated heterocycles. The van der Waals surface area contributed by atoms with Crippen molar-refractivity contribution in [2.24, 2.45) is 0 Å². The molecule has 0 amide bonds. The van der Waals surface area contributed by atoms with E-state index in [9.17, 15) is 0 Å². The number of rotatable bonds is 7. The molecule has 2 heterocycles. The molecule has 1 atom stereocenters. The minimum Gasteiger partial charge on any atom is -0.309 e. The van der Waals surface area contributed by atoms with E-state index in [1.807, 2.05) is 13.1 Å². The Hall–Kier alpha value is -0.790. The summed E-state index contributed by atoms with van der Waals surface area (Å²) >= 11 is 5.12. The minimum atomic E-state index is 0.243. The van der Waals surface area contributed by atoms with Crippen molar-refractivity contribution in [3.63, 3.8) is 0 Å². The quantitative estimate of drug-likeness (QED) is 0.826. The van der Waals surface area contributed by atoms with Crippen LogP contribution in [0.5, 0.6) is 0 Å². The van der Waals surface area contributed by atoms with Gasteiger partial charge in [-0.2, -0.15) is 5.10 Å². The number of halogens is 1. The van der Waals surface area contributed by atoms with E-state index in [2.05, 4.69) is 54.5 Å². The predicted molar refractivity (Wildman–Crippen MR) is 85.0 cm³/mol. The number of hydrogen-bond donors (Lipinski definition) is 1. The highest BCUT2D eigenvalue weighted by molar-refractivity contribution is 9.10. The maximum Gasteiger partial charge on any atom is 0.0738 e. The second kappa shape index (κ2) is 7.28. The van der Waals surface area contributed by atoms with E-state index in [1.54, 1.807) is 0 Å². The first-order valence-electron chi connectivity index (χ1n) is 6.89. The number of aromatic nitrogens is 4. The van der Waals surface area contributed by atoms with Gasteiger partial charge in [0, 0.05) is 13.0 Å². The Kier molecular flexibility index (Phi) is 5.68. The molecule has 0 aliphatic rings. The van der Waals surface area contributed by atoms with Crippen LogP contribution in [0.2, 0.25) is 0 Å². The van der Waals surface area contributed by atoms with Crippen LogP contribution in [-0.2, 0) is 13.0 Å². The summed E-state index contributed by atoms with van der Waals surface area (Å²) in [7, 11) is 0. The largest absolute Gasteiger partial charge is 0.309 e. The predicted octanol–water partition coefficient (Wildman–Crippen LogP) is 3.11. The fourth-order valence-electron chi connectivity index (χ4n) is 2.18. The maximum atomic E-state index is 4.56. The van der Waals surface area contributed by atoms with Gasteiger partial charge in [-0.3, -0.25) is 4.68 Å². The van der Waals surface area contributed by atoms with Gasteiger partial charge < -0.3 is 5.32 Å². The van der Waals surface area contributed by atoms with Crippen molar-refractivity contribution in [1.82, 2.24) is 24.7 Å². The fourth-order valence-corrected chi connectivity index (χ4v) is 3.20. The van der Waals surface area contributed by atoms with Crippen molar-refractivity contribution in [2.45, 2.75) is 46.2 Å².